The summed E-state index contributed by atoms with van der Waals surface area (Å²) < 4.78 is 5.75. The second-order valence-corrected chi connectivity index (χ2v) is 5.19. The molecule has 1 atom stereocenters. The van der Waals surface area contributed by atoms with E-state index in [1.165, 1.54) is 0 Å². The fourth-order valence-electron chi connectivity index (χ4n) is 2.30. The van der Waals surface area contributed by atoms with Gasteiger partial charge in [0.05, 0.1) is 0 Å². The molecule has 1 aliphatic heterocycles. The number of benzene rings is 2. The summed E-state index contributed by atoms with van der Waals surface area (Å²) in [6, 6.07) is 14.9. The molecule has 0 spiro atoms. The fourth-order valence-corrected chi connectivity index (χ4v) is 2.49. The Morgan fingerprint density at radius 2 is 2.05 bits per heavy atom. The molecule has 1 aliphatic rings. The van der Waals surface area contributed by atoms with Crippen LogP contribution in [0, 0.1) is 0 Å². The zero-order chi connectivity index (χ0) is 13.9. The van der Waals surface area contributed by atoms with Crippen LogP contribution in [-0.2, 0) is 11.2 Å². The average molecular weight is 288 g/mol. The Balaban J connectivity index is 1.70. The minimum Gasteiger partial charge on any atom is -0.480 e. The third kappa shape index (κ3) is 2.78. The second kappa shape index (κ2) is 5.55. The van der Waals surface area contributed by atoms with Gasteiger partial charge in [0.1, 0.15) is 5.75 Å². The van der Waals surface area contributed by atoms with Crippen LogP contribution in [0.3, 0.4) is 0 Å². The molecule has 2 aromatic carbocycles. The predicted octanol–water partition coefficient (Wildman–Crippen LogP) is 3.67. The lowest BCUT2D eigenvalue weighted by atomic mass is 10.0. The van der Waals surface area contributed by atoms with Crippen molar-refractivity contribution >= 4 is 23.2 Å². The summed E-state index contributed by atoms with van der Waals surface area (Å²) in [4.78, 5) is 12.2. The number of aryl methyl sites for hydroxylation is 1. The summed E-state index contributed by atoms with van der Waals surface area (Å²) in [6.07, 6.45) is 1.08. The number of carbonyl (C=O) groups excluding carboxylic acids is 1. The predicted molar refractivity (Wildman–Crippen MR) is 79.3 cm³/mol. The van der Waals surface area contributed by atoms with Crippen LogP contribution in [0.15, 0.2) is 48.5 Å². The number of rotatable bonds is 2. The highest BCUT2D eigenvalue weighted by Gasteiger charge is 2.25. The van der Waals surface area contributed by atoms with E-state index < -0.39 is 6.10 Å². The molecule has 0 fully saturated rings. The van der Waals surface area contributed by atoms with Crippen molar-refractivity contribution in [1.29, 1.82) is 0 Å². The Bertz CT molecular complexity index is 642. The van der Waals surface area contributed by atoms with Gasteiger partial charge in [-0.25, -0.2) is 0 Å². The quantitative estimate of drug-likeness (QED) is 0.915. The smallest absolute Gasteiger partial charge is 0.265 e. The number of halogens is 1. The van der Waals surface area contributed by atoms with Crippen molar-refractivity contribution in [2.75, 3.05) is 5.32 Å². The molecule has 0 saturated heterocycles. The molecule has 20 heavy (non-hydrogen) atoms. The van der Waals surface area contributed by atoms with Gasteiger partial charge in [-0.1, -0.05) is 35.9 Å². The zero-order valence-electron chi connectivity index (χ0n) is 10.8. The second-order valence-electron chi connectivity index (χ2n) is 4.75. The van der Waals surface area contributed by atoms with E-state index in [1.807, 2.05) is 24.3 Å². The van der Waals surface area contributed by atoms with E-state index in [-0.39, 0.29) is 5.91 Å². The van der Waals surface area contributed by atoms with Crippen molar-refractivity contribution in [3.05, 3.63) is 59.1 Å². The van der Waals surface area contributed by atoms with E-state index in [2.05, 4.69) is 5.32 Å². The van der Waals surface area contributed by atoms with Crippen molar-refractivity contribution < 1.29 is 9.53 Å². The van der Waals surface area contributed by atoms with Crippen molar-refractivity contribution in [1.82, 2.24) is 0 Å². The van der Waals surface area contributed by atoms with Crippen molar-refractivity contribution in [3.63, 3.8) is 0 Å². The summed E-state index contributed by atoms with van der Waals surface area (Å²) in [5.74, 6) is 0.659. The van der Waals surface area contributed by atoms with E-state index >= 15 is 0 Å². The molecule has 4 heteroatoms. The molecule has 0 radical (unpaired) electrons. The molecule has 102 valence electrons. The van der Waals surface area contributed by atoms with Gasteiger partial charge in [-0.3, -0.25) is 4.79 Å². The van der Waals surface area contributed by atoms with E-state index in [9.17, 15) is 4.79 Å². The number of hydrogen-bond donors (Lipinski definition) is 1. The number of hydrogen-bond acceptors (Lipinski definition) is 2. The lowest BCUT2D eigenvalue weighted by Crippen LogP contribution is -2.35. The van der Waals surface area contributed by atoms with Crippen LogP contribution in [0.25, 0.3) is 0 Å². The molecule has 0 aromatic heterocycles. The molecule has 0 bridgehead atoms. The molecule has 2 aromatic rings. The normalized spacial score (nSPS) is 16.9. The summed E-state index contributed by atoms with van der Waals surface area (Å²) in [6.45, 7) is 0. The van der Waals surface area contributed by atoms with Gasteiger partial charge in [0.15, 0.2) is 6.10 Å². The maximum Gasteiger partial charge on any atom is 0.265 e. The third-order valence-corrected chi connectivity index (χ3v) is 3.54. The molecule has 1 unspecified atom stereocenters. The standard InChI is InChI=1S/C16H14ClNO2/c17-12-5-3-6-13(10-12)18-16(19)15-9-8-11-4-1-2-7-14(11)20-15/h1-7,10,15H,8-9H2,(H,18,19). The average Bonchev–Trinajstić information content (AvgIpc) is 2.47. The number of nitrogens with one attached hydrogen (secondary N) is 1. The molecular formula is C16H14ClNO2. The number of anilines is 1. The summed E-state index contributed by atoms with van der Waals surface area (Å²) in [7, 11) is 0. The summed E-state index contributed by atoms with van der Waals surface area (Å²) in [5, 5.41) is 3.43. The van der Waals surface area contributed by atoms with E-state index in [0.717, 1.165) is 17.7 Å². The lowest BCUT2D eigenvalue weighted by Gasteiger charge is -2.25. The molecule has 3 nitrogen and oxygen atoms in total. The maximum atomic E-state index is 12.2. The van der Waals surface area contributed by atoms with Crippen LogP contribution in [-0.4, -0.2) is 12.0 Å². The molecule has 0 saturated carbocycles. The van der Waals surface area contributed by atoms with Crippen LogP contribution < -0.4 is 10.1 Å². The van der Waals surface area contributed by atoms with E-state index in [1.54, 1.807) is 24.3 Å². The molecule has 1 N–H and O–H groups in total. The van der Waals surface area contributed by atoms with Gasteiger partial charge >= 0.3 is 0 Å². The first kappa shape index (κ1) is 13.0. The van der Waals surface area contributed by atoms with Crippen molar-refractivity contribution in [2.24, 2.45) is 0 Å². The zero-order valence-corrected chi connectivity index (χ0v) is 11.6. The number of para-hydroxylation sites is 1. The number of ether oxygens (including phenoxy) is 1. The van der Waals surface area contributed by atoms with Crippen LogP contribution in [0.1, 0.15) is 12.0 Å². The Morgan fingerprint density at radius 3 is 2.90 bits per heavy atom. The molecule has 1 heterocycles. The van der Waals surface area contributed by atoms with Crippen LogP contribution in [0.4, 0.5) is 5.69 Å². The third-order valence-electron chi connectivity index (χ3n) is 3.30. The minimum atomic E-state index is -0.455. The van der Waals surface area contributed by atoms with Crippen LogP contribution in [0.2, 0.25) is 5.02 Å². The van der Waals surface area contributed by atoms with Gasteiger partial charge in [0.2, 0.25) is 0 Å². The fraction of sp³-hybridized carbons (Fsp3) is 0.188. The monoisotopic (exact) mass is 287 g/mol. The van der Waals surface area contributed by atoms with Crippen LogP contribution >= 0.6 is 11.6 Å². The Hall–Kier alpha value is -2.00. The molecule has 0 aliphatic carbocycles. The van der Waals surface area contributed by atoms with E-state index in [0.29, 0.717) is 17.1 Å². The minimum absolute atomic E-state index is 0.137. The lowest BCUT2D eigenvalue weighted by molar-refractivity contribution is -0.123. The van der Waals surface area contributed by atoms with E-state index in [4.69, 9.17) is 16.3 Å². The van der Waals surface area contributed by atoms with Crippen molar-refractivity contribution in [2.45, 2.75) is 18.9 Å². The highest BCUT2D eigenvalue weighted by atomic mass is 35.5. The molecule has 3 rings (SSSR count). The van der Waals surface area contributed by atoms with Gasteiger partial charge in [-0.15, -0.1) is 0 Å². The summed E-state index contributed by atoms with van der Waals surface area (Å²) in [5.41, 5.74) is 1.84. The highest BCUT2D eigenvalue weighted by Crippen LogP contribution is 2.27. The van der Waals surface area contributed by atoms with Gasteiger partial charge in [-0.05, 0) is 42.7 Å². The molecule has 1 amide bonds. The topological polar surface area (TPSA) is 38.3 Å². The SMILES string of the molecule is O=C(Nc1cccc(Cl)c1)C1CCc2ccccc2O1. The largest absolute Gasteiger partial charge is 0.480 e. The van der Waals surface area contributed by atoms with Gasteiger partial charge in [-0.2, -0.15) is 0 Å². The number of carbonyl (C=O) groups is 1. The van der Waals surface area contributed by atoms with Crippen LogP contribution in [0.5, 0.6) is 5.75 Å². The first-order chi connectivity index (χ1) is 9.72. The number of amides is 1. The maximum absolute atomic E-state index is 12.2. The first-order valence-electron chi connectivity index (χ1n) is 6.53. The Labute approximate surface area is 122 Å². The Kier molecular flexibility index (Phi) is 3.61. The van der Waals surface area contributed by atoms with Gasteiger partial charge < -0.3 is 10.1 Å². The molecular weight excluding hydrogens is 274 g/mol. The first-order valence-corrected chi connectivity index (χ1v) is 6.91. The van der Waals surface area contributed by atoms with Gasteiger partial charge in [0.25, 0.3) is 5.91 Å². The Morgan fingerprint density at radius 1 is 1.20 bits per heavy atom. The summed E-state index contributed by atoms with van der Waals surface area (Å²) >= 11 is 5.90. The van der Waals surface area contributed by atoms with Crippen molar-refractivity contribution in [3.8, 4) is 5.75 Å². The van der Waals surface area contributed by atoms with Gasteiger partial charge in [0, 0.05) is 10.7 Å². The number of fused-ring (bicyclic) bond motifs is 1. The highest BCUT2D eigenvalue weighted by molar-refractivity contribution is 6.30.